The van der Waals surface area contributed by atoms with E-state index in [1.165, 1.54) is 11.1 Å². The summed E-state index contributed by atoms with van der Waals surface area (Å²) in [6.07, 6.45) is 3.25. The standard InChI is InChI=1S/C24H27NO3/c1-14-13-24(3,4)25-17-11-10-16-22-18(27-5)7-6-8-19(22)28-20(12-9-15(2)26)23(16)21(14)17/h6-8,10-11,13,20,25-26H,2,9,12H2,1,3-5H3. The summed E-state index contributed by atoms with van der Waals surface area (Å²) >= 11 is 0. The largest absolute Gasteiger partial charge is 0.513 e. The lowest BCUT2D eigenvalue weighted by molar-refractivity contribution is 0.184. The van der Waals surface area contributed by atoms with Crippen molar-refractivity contribution in [1.82, 2.24) is 0 Å². The Balaban J connectivity index is 1.96. The predicted molar refractivity (Wildman–Crippen MR) is 114 cm³/mol. The predicted octanol–water partition coefficient (Wildman–Crippen LogP) is 6.26. The fraction of sp³-hybridized carbons (Fsp3) is 0.333. The Morgan fingerprint density at radius 1 is 1.25 bits per heavy atom. The van der Waals surface area contributed by atoms with Crippen molar-refractivity contribution in [2.45, 2.75) is 45.3 Å². The molecule has 2 aromatic carbocycles. The van der Waals surface area contributed by atoms with Crippen LogP contribution >= 0.6 is 0 Å². The highest BCUT2D eigenvalue weighted by Crippen LogP contribution is 2.52. The number of aliphatic hydroxyl groups is 1. The molecular formula is C24H27NO3. The molecule has 28 heavy (non-hydrogen) atoms. The summed E-state index contributed by atoms with van der Waals surface area (Å²) in [6.45, 7) is 10.1. The zero-order valence-electron chi connectivity index (χ0n) is 16.9. The molecule has 146 valence electrons. The van der Waals surface area contributed by atoms with E-state index in [2.05, 4.69) is 50.9 Å². The Morgan fingerprint density at radius 3 is 2.75 bits per heavy atom. The number of hydrogen-bond acceptors (Lipinski definition) is 4. The summed E-state index contributed by atoms with van der Waals surface area (Å²) in [5, 5.41) is 13.3. The molecule has 1 unspecified atom stereocenters. The fourth-order valence-corrected chi connectivity index (χ4v) is 4.46. The lowest BCUT2D eigenvalue weighted by Crippen LogP contribution is -2.32. The summed E-state index contributed by atoms with van der Waals surface area (Å²) in [7, 11) is 1.69. The van der Waals surface area contributed by atoms with Gasteiger partial charge in [-0.25, -0.2) is 0 Å². The SMILES string of the molecule is C=C(O)CCC1Oc2cccc(OC)c2-c2ccc3c(c21)C(C)=CC(C)(C)N3. The van der Waals surface area contributed by atoms with Crippen molar-refractivity contribution in [3.63, 3.8) is 0 Å². The Hall–Kier alpha value is -2.88. The van der Waals surface area contributed by atoms with E-state index in [9.17, 15) is 5.11 Å². The minimum atomic E-state index is -0.167. The van der Waals surface area contributed by atoms with Crippen molar-refractivity contribution in [2.24, 2.45) is 0 Å². The number of aliphatic hydroxyl groups excluding tert-OH is 1. The number of fused-ring (bicyclic) bond motifs is 5. The van der Waals surface area contributed by atoms with Gasteiger partial charge in [-0.2, -0.15) is 0 Å². The van der Waals surface area contributed by atoms with Crippen LogP contribution in [0.3, 0.4) is 0 Å². The van der Waals surface area contributed by atoms with Crippen LogP contribution in [0.5, 0.6) is 11.5 Å². The first-order valence-electron chi connectivity index (χ1n) is 9.66. The van der Waals surface area contributed by atoms with Crippen LogP contribution in [0.25, 0.3) is 16.7 Å². The van der Waals surface area contributed by atoms with Gasteiger partial charge in [0, 0.05) is 23.2 Å². The first-order chi connectivity index (χ1) is 13.3. The third-order valence-corrected chi connectivity index (χ3v) is 5.44. The first kappa shape index (κ1) is 18.5. The second kappa shape index (κ2) is 6.62. The number of hydrogen-bond donors (Lipinski definition) is 2. The molecule has 0 radical (unpaired) electrons. The van der Waals surface area contributed by atoms with E-state index in [4.69, 9.17) is 9.47 Å². The van der Waals surface area contributed by atoms with Crippen molar-refractivity contribution in [3.05, 3.63) is 59.9 Å². The van der Waals surface area contributed by atoms with Crippen LogP contribution in [0.1, 0.15) is 50.8 Å². The van der Waals surface area contributed by atoms with Crippen LogP contribution in [0, 0.1) is 0 Å². The number of nitrogens with one attached hydrogen (secondary N) is 1. The van der Waals surface area contributed by atoms with Gasteiger partial charge in [-0.3, -0.25) is 0 Å². The van der Waals surface area contributed by atoms with Crippen molar-refractivity contribution in [1.29, 1.82) is 0 Å². The third kappa shape index (κ3) is 3.03. The molecule has 0 aliphatic carbocycles. The van der Waals surface area contributed by atoms with E-state index in [1.54, 1.807) is 7.11 Å². The summed E-state index contributed by atoms with van der Waals surface area (Å²) in [5.74, 6) is 1.79. The maximum atomic E-state index is 9.67. The van der Waals surface area contributed by atoms with Crippen LogP contribution in [0.2, 0.25) is 0 Å². The van der Waals surface area contributed by atoms with Crippen LogP contribution in [0.4, 0.5) is 5.69 Å². The molecule has 0 fully saturated rings. The molecule has 0 aromatic heterocycles. The molecule has 4 heteroatoms. The van der Waals surface area contributed by atoms with E-state index in [0.29, 0.717) is 12.8 Å². The quantitative estimate of drug-likeness (QED) is 0.618. The molecule has 2 aromatic rings. The highest BCUT2D eigenvalue weighted by Gasteiger charge is 2.34. The van der Waals surface area contributed by atoms with E-state index in [-0.39, 0.29) is 17.4 Å². The maximum absolute atomic E-state index is 9.67. The Morgan fingerprint density at radius 2 is 2.04 bits per heavy atom. The van der Waals surface area contributed by atoms with Gasteiger partial charge in [0.15, 0.2) is 0 Å². The topological polar surface area (TPSA) is 50.7 Å². The van der Waals surface area contributed by atoms with Gasteiger partial charge in [0.05, 0.1) is 24.0 Å². The van der Waals surface area contributed by atoms with Crippen molar-refractivity contribution < 1.29 is 14.6 Å². The van der Waals surface area contributed by atoms with Crippen molar-refractivity contribution in [3.8, 4) is 22.6 Å². The first-order valence-corrected chi connectivity index (χ1v) is 9.66. The van der Waals surface area contributed by atoms with Gasteiger partial charge in [-0.1, -0.05) is 24.8 Å². The van der Waals surface area contributed by atoms with Gasteiger partial charge in [0.1, 0.15) is 17.6 Å². The second-order valence-corrected chi connectivity index (χ2v) is 8.17. The monoisotopic (exact) mass is 377 g/mol. The Bertz CT molecular complexity index is 988. The molecule has 0 saturated heterocycles. The summed E-state index contributed by atoms with van der Waals surface area (Å²) in [6, 6.07) is 10.2. The minimum absolute atomic E-state index is 0.106. The molecular weight excluding hydrogens is 350 g/mol. The molecule has 2 aliphatic heterocycles. The lowest BCUT2D eigenvalue weighted by Gasteiger charge is -2.37. The molecule has 0 bridgehead atoms. The van der Waals surface area contributed by atoms with E-state index in [1.807, 2.05) is 18.2 Å². The molecule has 4 rings (SSSR count). The van der Waals surface area contributed by atoms with Gasteiger partial charge in [0.2, 0.25) is 0 Å². The molecule has 0 spiro atoms. The van der Waals surface area contributed by atoms with Gasteiger partial charge in [-0.15, -0.1) is 0 Å². The normalized spacial score (nSPS) is 18.6. The molecule has 1 atom stereocenters. The molecule has 2 aliphatic rings. The average Bonchev–Trinajstić information content (AvgIpc) is 2.63. The van der Waals surface area contributed by atoms with Crippen LogP contribution < -0.4 is 14.8 Å². The number of benzene rings is 2. The molecule has 4 nitrogen and oxygen atoms in total. The van der Waals surface area contributed by atoms with Crippen LogP contribution in [0.15, 0.2) is 48.7 Å². The summed E-state index contributed by atoms with van der Waals surface area (Å²) in [5.41, 5.74) is 6.67. The summed E-state index contributed by atoms with van der Waals surface area (Å²) < 4.78 is 12.1. The lowest BCUT2D eigenvalue weighted by atomic mass is 9.81. The smallest absolute Gasteiger partial charge is 0.131 e. The van der Waals surface area contributed by atoms with Gasteiger partial charge in [0.25, 0.3) is 0 Å². The van der Waals surface area contributed by atoms with E-state index in [0.717, 1.165) is 33.9 Å². The van der Waals surface area contributed by atoms with Crippen LogP contribution in [-0.2, 0) is 0 Å². The number of allylic oxidation sites excluding steroid dienone is 2. The van der Waals surface area contributed by atoms with Crippen LogP contribution in [-0.4, -0.2) is 17.8 Å². The average molecular weight is 377 g/mol. The highest BCUT2D eigenvalue weighted by molar-refractivity contribution is 5.91. The Kier molecular flexibility index (Phi) is 4.37. The van der Waals surface area contributed by atoms with Gasteiger partial charge < -0.3 is 19.9 Å². The zero-order valence-corrected chi connectivity index (χ0v) is 16.9. The number of methoxy groups -OCH3 is 1. The summed E-state index contributed by atoms with van der Waals surface area (Å²) in [4.78, 5) is 0. The van der Waals surface area contributed by atoms with E-state index >= 15 is 0 Å². The van der Waals surface area contributed by atoms with Gasteiger partial charge in [-0.05, 0) is 56.5 Å². The second-order valence-electron chi connectivity index (χ2n) is 8.17. The highest BCUT2D eigenvalue weighted by atomic mass is 16.5. The van der Waals surface area contributed by atoms with Gasteiger partial charge >= 0.3 is 0 Å². The Labute approximate surface area is 166 Å². The molecule has 2 heterocycles. The molecule has 0 saturated carbocycles. The number of rotatable bonds is 4. The molecule has 2 N–H and O–H groups in total. The number of ether oxygens (including phenoxy) is 2. The van der Waals surface area contributed by atoms with Crippen molar-refractivity contribution in [2.75, 3.05) is 12.4 Å². The zero-order chi connectivity index (χ0) is 20.1. The minimum Gasteiger partial charge on any atom is -0.513 e. The van der Waals surface area contributed by atoms with E-state index < -0.39 is 0 Å². The molecule has 0 amide bonds. The fourth-order valence-electron chi connectivity index (χ4n) is 4.46. The van der Waals surface area contributed by atoms with Crippen molar-refractivity contribution >= 4 is 11.3 Å². The number of anilines is 1. The maximum Gasteiger partial charge on any atom is 0.131 e. The third-order valence-electron chi connectivity index (χ3n) is 5.44.